The highest BCUT2D eigenvalue weighted by Gasteiger charge is 2.35. The fourth-order valence-corrected chi connectivity index (χ4v) is 4.27. The first kappa shape index (κ1) is 23.2. The van der Waals surface area contributed by atoms with Crippen LogP contribution in [0.25, 0.3) is 0 Å². The molecule has 0 spiro atoms. The van der Waals surface area contributed by atoms with Gasteiger partial charge in [-0.05, 0) is 34.9 Å². The van der Waals surface area contributed by atoms with Gasteiger partial charge < -0.3 is 24.4 Å². The van der Waals surface area contributed by atoms with Crippen LogP contribution in [0.1, 0.15) is 39.5 Å². The molecule has 176 valence electrons. The summed E-state index contributed by atoms with van der Waals surface area (Å²) in [5, 5.41) is 2.97. The number of hydrogen-bond acceptors (Lipinski definition) is 5. The summed E-state index contributed by atoms with van der Waals surface area (Å²) in [6, 6.07) is 20.3. The van der Waals surface area contributed by atoms with Crippen LogP contribution in [-0.2, 0) is 17.9 Å². The van der Waals surface area contributed by atoms with Crippen molar-refractivity contribution in [2.45, 2.75) is 25.6 Å². The lowest BCUT2D eigenvalue weighted by Crippen LogP contribution is -2.34. The zero-order valence-electron chi connectivity index (χ0n) is 19.5. The third kappa shape index (κ3) is 4.69. The highest BCUT2D eigenvalue weighted by molar-refractivity contribution is 5.99. The molecule has 3 aromatic carbocycles. The maximum Gasteiger partial charge on any atom is 0.255 e. The van der Waals surface area contributed by atoms with Gasteiger partial charge in [0.05, 0.1) is 33.8 Å². The van der Waals surface area contributed by atoms with Crippen molar-refractivity contribution in [2.75, 3.05) is 21.3 Å². The molecule has 0 saturated carbocycles. The maximum absolute atomic E-state index is 13.3. The first-order valence-electron chi connectivity index (χ1n) is 11.0. The van der Waals surface area contributed by atoms with Crippen LogP contribution in [0.2, 0.25) is 0 Å². The van der Waals surface area contributed by atoms with Crippen molar-refractivity contribution in [2.24, 2.45) is 0 Å². The van der Waals surface area contributed by atoms with Gasteiger partial charge in [-0.25, -0.2) is 0 Å². The van der Waals surface area contributed by atoms with E-state index in [1.807, 2.05) is 54.6 Å². The Morgan fingerprint density at radius 3 is 2.21 bits per heavy atom. The van der Waals surface area contributed by atoms with Gasteiger partial charge in [0, 0.05) is 18.7 Å². The summed E-state index contributed by atoms with van der Waals surface area (Å²) in [7, 11) is 4.62. The van der Waals surface area contributed by atoms with Gasteiger partial charge in [-0.15, -0.1) is 0 Å². The maximum atomic E-state index is 13.3. The van der Waals surface area contributed by atoms with E-state index in [4.69, 9.17) is 14.2 Å². The molecule has 0 unspecified atom stereocenters. The number of nitrogens with zero attached hydrogens (tertiary/aromatic N) is 1. The number of rotatable bonds is 9. The van der Waals surface area contributed by atoms with Crippen LogP contribution in [-0.4, -0.2) is 38.0 Å². The number of methoxy groups -OCH3 is 3. The monoisotopic (exact) mass is 460 g/mol. The van der Waals surface area contributed by atoms with Crippen LogP contribution >= 0.6 is 0 Å². The number of ether oxygens (including phenoxy) is 3. The smallest absolute Gasteiger partial charge is 0.255 e. The molecule has 0 bridgehead atoms. The molecule has 3 aromatic rings. The first-order chi connectivity index (χ1) is 16.5. The molecule has 1 aliphatic rings. The Labute approximate surface area is 199 Å². The lowest BCUT2D eigenvalue weighted by molar-refractivity contribution is -0.122. The first-order valence-corrected chi connectivity index (χ1v) is 11.0. The molecule has 4 rings (SSSR count). The van der Waals surface area contributed by atoms with E-state index in [1.165, 1.54) is 7.11 Å². The van der Waals surface area contributed by atoms with Gasteiger partial charge in [0.15, 0.2) is 11.5 Å². The van der Waals surface area contributed by atoms with Crippen molar-refractivity contribution in [1.29, 1.82) is 0 Å². The van der Waals surface area contributed by atoms with E-state index in [9.17, 15) is 9.59 Å². The van der Waals surface area contributed by atoms with Gasteiger partial charge in [0.1, 0.15) is 0 Å². The van der Waals surface area contributed by atoms with E-state index in [2.05, 4.69) is 5.32 Å². The van der Waals surface area contributed by atoms with Crippen LogP contribution in [0.4, 0.5) is 0 Å². The molecule has 0 aliphatic carbocycles. The van der Waals surface area contributed by atoms with Crippen LogP contribution < -0.4 is 19.5 Å². The Hall–Kier alpha value is -4.00. The van der Waals surface area contributed by atoms with Gasteiger partial charge in [0.2, 0.25) is 11.7 Å². The third-order valence-corrected chi connectivity index (χ3v) is 6.01. The van der Waals surface area contributed by atoms with Crippen LogP contribution in [0, 0.1) is 0 Å². The van der Waals surface area contributed by atoms with E-state index in [1.54, 1.807) is 31.3 Å². The van der Waals surface area contributed by atoms with Crippen LogP contribution in [0.15, 0.2) is 66.7 Å². The molecular formula is C27H28N2O5. The number of benzene rings is 3. The summed E-state index contributed by atoms with van der Waals surface area (Å²) in [5.41, 5.74) is 3.33. The molecule has 7 nitrogen and oxygen atoms in total. The number of fused-ring (bicyclic) bond motifs is 1. The van der Waals surface area contributed by atoms with Crippen molar-refractivity contribution in [3.8, 4) is 17.2 Å². The fourth-order valence-electron chi connectivity index (χ4n) is 4.27. The molecule has 1 heterocycles. The Kier molecular flexibility index (Phi) is 7.01. The summed E-state index contributed by atoms with van der Waals surface area (Å²) in [6.07, 6.45) is 0.0885. The standard InChI is InChI=1S/C27H28N2O5/c1-32-23-13-20(14-24(33-2)26(23)34-3)22(15-25(30)28-16-18-9-5-4-6-10-18)29-17-19-11-7-8-12-21(19)27(29)31/h4-14,22H,15-17H2,1-3H3,(H,28,30)/t22-/m1/s1. The quantitative estimate of drug-likeness (QED) is 0.520. The Bertz CT molecular complexity index is 1150. The molecular weight excluding hydrogens is 432 g/mol. The number of amides is 2. The Morgan fingerprint density at radius 1 is 0.941 bits per heavy atom. The number of carbonyl (C=O) groups is 2. The number of nitrogens with one attached hydrogen (secondary N) is 1. The second-order valence-corrected chi connectivity index (χ2v) is 8.03. The normalized spacial score (nSPS) is 13.3. The predicted octanol–water partition coefficient (Wildman–Crippen LogP) is 4.12. The molecule has 7 heteroatoms. The van der Waals surface area contributed by atoms with E-state index >= 15 is 0 Å². The average molecular weight is 461 g/mol. The molecule has 1 atom stereocenters. The van der Waals surface area contributed by atoms with Crippen molar-refractivity contribution in [3.63, 3.8) is 0 Å². The molecule has 0 aromatic heterocycles. The minimum absolute atomic E-state index is 0.0885. The summed E-state index contributed by atoms with van der Waals surface area (Å²) < 4.78 is 16.5. The molecule has 1 N–H and O–H groups in total. The SMILES string of the molecule is COc1cc([C@@H](CC(=O)NCc2ccccc2)N2Cc3ccccc3C2=O)cc(OC)c1OC. The summed E-state index contributed by atoms with van der Waals surface area (Å²) in [5.74, 6) is 1.13. The van der Waals surface area contributed by atoms with Crippen LogP contribution in [0.5, 0.6) is 17.2 Å². The molecule has 34 heavy (non-hydrogen) atoms. The van der Waals surface area contributed by atoms with E-state index < -0.39 is 6.04 Å². The van der Waals surface area contributed by atoms with E-state index in [-0.39, 0.29) is 18.2 Å². The van der Waals surface area contributed by atoms with Gasteiger partial charge >= 0.3 is 0 Å². The zero-order valence-corrected chi connectivity index (χ0v) is 19.5. The Morgan fingerprint density at radius 2 is 1.59 bits per heavy atom. The molecule has 0 saturated heterocycles. The fraction of sp³-hybridized carbons (Fsp3) is 0.259. The number of hydrogen-bond donors (Lipinski definition) is 1. The highest BCUT2D eigenvalue weighted by atomic mass is 16.5. The van der Waals surface area contributed by atoms with Gasteiger partial charge in [-0.3, -0.25) is 9.59 Å². The van der Waals surface area contributed by atoms with Crippen molar-refractivity contribution < 1.29 is 23.8 Å². The van der Waals surface area contributed by atoms with Gasteiger partial charge in [0.25, 0.3) is 5.91 Å². The van der Waals surface area contributed by atoms with Crippen molar-refractivity contribution >= 4 is 11.8 Å². The average Bonchev–Trinajstić information content (AvgIpc) is 3.21. The van der Waals surface area contributed by atoms with E-state index in [0.717, 1.165) is 16.7 Å². The lowest BCUT2D eigenvalue weighted by Gasteiger charge is -2.29. The van der Waals surface area contributed by atoms with Crippen LogP contribution in [0.3, 0.4) is 0 Å². The number of carbonyl (C=O) groups excluding carboxylic acids is 2. The van der Waals surface area contributed by atoms with Gasteiger partial charge in [-0.1, -0.05) is 48.5 Å². The summed E-state index contributed by atoms with van der Waals surface area (Å²) in [6.45, 7) is 0.831. The van der Waals surface area contributed by atoms with Crippen molar-refractivity contribution in [3.05, 3.63) is 89.0 Å². The van der Waals surface area contributed by atoms with Crippen molar-refractivity contribution in [1.82, 2.24) is 10.2 Å². The zero-order chi connectivity index (χ0) is 24.1. The minimum atomic E-state index is -0.524. The predicted molar refractivity (Wildman–Crippen MR) is 128 cm³/mol. The third-order valence-electron chi connectivity index (χ3n) is 6.01. The highest BCUT2D eigenvalue weighted by Crippen LogP contribution is 2.42. The molecule has 0 radical (unpaired) electrons. The molecule has 1 aliphatic heterocycles. The largest absolute Gasteiger partial charge is 0.493 e. The second kappa shape index (κ2) is 10.3. The lowest BCUT2D eigenvalue weighted by atomic mass is 10.00. The molecule has 2 amide bonds. The second-order valence-electron chi connectivity index (χ2n) is 8.03. The molecule has 0 fully saturated rings. The summed E-state index contributed by atoms with van der Waals surface area (Å²) >= 11 is 0. The summed E-state index contributed by atoms with van der Waals surface area (Å²) in [4.78, 5) is 28.1. The topological polar surface area (TPSA) is 77.1 Å². The Balaban J connectivity index is 1.66. The van der Waals surface area contributed by atoms with Gasteiger partial charge in [-0.2, -0.15) is 0 Å². The van der Waals surface area contributed by atoms with E-state index in [0.29, 0.717) is 35.9 Å². The minimum Gasteiger partial charge on any atom is -0.493 e.